The molecule has 34 heavy (non-hydrogen) atoms. The van der Waals surface area contributed by atoms with Gasteiger partial charge in [-0.2, -0.15) is 0 Å². The van der Waals surface area contributed by atoms with E-state index in [1.54, 1.807) is 11.1 Å². The molecule has 2 aliphatic carbocycles. The van der Waals surface area contributed by atoms with Crippen LogP contribution < -0.4 is 0 Å². The zero-order valence-electron chi connectivity index (χ0n) is 23.2. The third kappa shape index (κ3) is 4.46. The molecule has 2 radical (unpaired) electrons. The third-order valence-electron chi connectivity index (χ3n) is 7.95. The lowest BCUT2D eigenvalue weighted by atomic mass is 9.84. The molecule has 180 valence electrons. The summed E-state index contributed by atoms with van der Waals surface area (Å²) in [6.45, 7) is 23.3. The maximum Gasteiger partial charge on any atom is 0.0164 e. The monoisotopic (exact) mass is 452 g/mol. The van der Waals surface area contributed by atoms with Crippen molar-refractivity contribution >= 4 is 11.1 Å². The Kier molecular flexibility index (Phi) is 7.01. The molecule has 0 bridgehead atoms. The van der Waals surface area contributed by atoms with E-state index in [0.29, 0.717) is 23.7 Å². The smallest absolute Gasteiger partial charge is 0.0164 e. The van der Waals surface area contributed by atoms with E-state index >= 15 is 0 Å². The zero-order chi connectivity index (χ0) is 24.9. The number of hydrogen-bond acceptors (Lipinski definition) is 0. The van der Waals surface area contributed by atoms with E-state index in [4.69, 9.17) is 0 Å². The van der Waals surface area contributed by atoms with Crippen molar-refractivity contribution in [2.75, 3.05) is 0 Å². The summed E-state index contributed by atoms with van der Waals surface area (Å²) in [6, 6.07) is 9.84. The number of hydrogen-bond donors (Lipinski definition) is 0. The van der Waals surface area contributed by atoms with Gasteiger partial charge in [0.05, 0.1) is 0 Å². The number of fused-ring (bicyclic) bond motifs is 2. The molecule has 2 aliphatic rings. The van der Waals surface area contributed by atoms with Gasteiger partial charge in [0.2, 0.25) is 0 Å². The second-order valence-electron chi connectivity index (χ2n) is 11.9. The minimum atomic E-state index is 0.533. The maximum absolute atomic E-state index is 2.48. The van der Waals surface area contributed by atoms with Crippen molar-refractivity contribution in [1.29, 1.82) is 0 Å². The highest BCUT2D eigenvalue weighted by Gasteiger charge is 2.28. The van der Waals surface area contributed by atoms with Crippen LogP contribution in [0.15, 0.2) is 35.4 Å². The van der Waals surface area contributed by atoms with Crippen molar-refractivity contribution in [3.8, 4) is 0 Å². The normalized spacial score (nSPS) is 15.6. The van der Waals surface area contributed by atoms with E-state index in [9.17, 15) is 0 Å². The van der Waals surface area contributed by atoms with E-state index < -0.39 is 0 Å². The second kappa shape index (κ2) is 9.52. The van der Waals surface area contributed by atoms with Crippen molar-refractivity contribution in [2.24, 2.45) is 0 Å². The van der Waals surface area contributed by atoms with Crippen LogP contribution in [0.4, 0.5) is 0 Å². The first-order valence-electron chi connectivity index (χ1n) is 13.4. The summed E-state index contributed by atoms with van der Waals surface area (Å²) in [5, 5.41) is 0. The molecule has 0 unspecified atom stereocenters. The first kappa shape index (κ1) is 25.0. The van der Waals surface area contributed by atoms with Gasteiger partial charge in [0.15, 0.2) is 0 Å². The number of rotatable bonds is 7. The molecule has 0 aliphatic heterocycles. The molecule has 0 nitrogen and oxygen atoms in total. The van der Waals surface area contributed by atoms with Crippen LogP contribution in [-0.4, -0.2) is 0 Å². The minimum absolute atomic E-state index is 0.533. The maximum atomic E-state index is 2.48. The predicted molar refractivity (Wildman–Crippen MR) is 150 cm³/mol. The standard InChI is InChI=1S/C34H44/c1-19(2)25-15-27-13-23(9)29(33(27)31(17-25)21(5)6)11-12-30-24(10)14-28-16-26(20(3)4)18-32(22(7)8)34(28)30/h13-22H,11-12H2,1-10H3. The van der Waals surface area contributed by atoms with Crippen LogP contribution in [0.1, 0.15) is 150 Å². The van der Waals surface area contributed by atoms with Gasteiger partial charge >= 0.3 is 0 Å². The van der Waals surface area contributed by atoms with E-state index in [0.717, 1.165) is 12.8 Å². The van der Waals surface area contributed by atoms with Crippen LogP contribution in [0, 0.1) is 12.8 Å². The summed E-state index contributed by atoms with van der Waals surface area (Å²) in [5.74, 6) is 2.18. The third-order valence-corrected chi connectivity index (χ3v) is 7.95. The summed E-state index contributed by atoms with van der Waals surface area (Å²) in [6.07, 6.45) is 7.10. The Morgan fingerprint density at radius 2 is 0.853 bits per heavy atom. The molecule has 0 saturated heterocycles. The van der Waals surface area contributed by atoms with E-state index in [-0.39, 0.29) is 0 Å². The molecule has 2 aromatic rings. The fourth-order valence-electron chi connectivity index (χ4n) is 5.85. The van der Waals surface area contributed by atoms with Crippen molar-refractivity contribution in [3.05, 3.63) is 92.8 Å². The van der Waals surface area contributed by atoms with Gasteiger partial charge < -0.3 is 0 Å². The molecule has 0 heteroatoms. The molecule has 0 spiro atoms. The Morgan fingerprint density at radius 1 is 0.500 bits per heavy atom. The highest BCUT2D eigenvalue weighted by molar-refractivity contribution is 5.87. The molecule has 0 saturated carbocycles. The van der Waals surface area contributed by atoms with Gasteiger partial charge in [-0.3, -0.25) is 0 Å². The van der Waals surface area contributed by atoms with Gasteiger partial charge in [-0.1, -0.05) is 90.8 Å². The molecular formula is C34H44. The van der Waals surface area contributed by atoms with Crippen LogP contribution in [-0.2, 0) is 0 Å². The molecular weight excluding hydrogens is 408 g/mol. The van der Waals surface area contributed by atoms with Gasteiger partial charge in [0, 0.05) is 12.8 Å². The van der Waals surface area contributed by atoms with Crippen LogP contribution >= 0.6 is 0 Å². The number of benzene rings is 2. The van der Waals surface area contributed by atoms with E-state index in [1.807, 2.05) is 0 Å². The van der Waals surface area contributed by atoms with Gasteiger partial charge in [-0.15, -0.1) is 0 Å². The molecule has 0 fully saturated rings. The average molecular weight is 453 g/mol. The van der Waals surface area contributed by atoms with E-state index in [1.165, 1.54) is 55.7 Å². The summed E-state index contributed by atoms with van der Waals surface area (Å²) < 4.78 is 0. The molecule has 0 aromatic heterocycles. The van der Waals surface area contributed by atoms with Gasteiger partial charge in [0.25, 0.3) is 0 Å². The van der Waals surface area contributed by atoms with Gasteiger partial charge in [0.1, 0.15) is 0 Å². The van der Waals surface area contributed by atoms with Gasteiger partial charge in [-0.05, 0) is 106 Å². The summed E-state index contributed by atoms with van der Waals surface area (Å²) >= 11 is 0. The van der Waals surface area contributed by atoms with Crippen LogP contribution in [0.3, 0.4) is 0 Å². The second-order valence-corrected chi connectivity index (χ2v) is 11.9. The summed E-state index contributed by atoms with van der Waals surface area (Å²) in [5.41, 5.74) is 18.0. The van der Waals surface area contributed by atoms with Crippen molar-refractivity contribution in [1.82, 2.24) is 0 Å². The molecule has 2 aromatic carbocycles. The van der Waals surface area contributed by atoms with E-state index in [2.05, 4.69) is 106 Å². The fourth-order valence-corrected chi connectivity index (χ4v) is 5.85. The topological polar surface area (TPSA) is 0 Å². The Labute approximate surface area is 209 Å². The lowest BCUT2D eigenvalue weighted by molar-refractivity contribution is 0.827. The quantitative estimate of drug-likeness (QED) is 0.392. The molecule has 0 N–H and O–H groups in total. The van der Waals surface area contributed by atoms with Gasteiger partial charge in [-0.25, -0.2) is 0 Å². The van der Waals surface area contributed by atoms with Crippen molar-refractivity contribution < 1.29 is 0 Å². The largest absolute Gasteiger partial charge is 0.0610 e. The zero-order valence-corrected chi connectivity index (χ0v) is 23.2. The SMILES string of the molecule is CC1=C(CCC2=C(C)[CH]c3cc(C(C)C)cc(C(C)C)c32)c2c(cc(C(C)C)cc2C(C)C)[CH]1. The first-order chi connectivity index (χ1) is 16.0. The molecule has 0 heterocycles. The van der Waals surface area contributed by atoms with Crippen LogP contribution in [0.25, 0.3) is 11.1 Å². The molecule has 4 rings (SSSR count). The predicted octanol–water partition coefficient (Wildman–Crippen LogP) is 10.3. The average Bonchev–Trinajstić information content (AvgIpc) is 3.25. The Bertz CT molecular complexity index is 1070. The Morgan fingerprint density at radius 3 is 1.15 bits per heavy atom. The first-order valence-corrected chi connectivity index (χ1v) is 13.4. The summed E-state index contributed by atoms with van der Waals surface area (Å²) in [7, 11) is 0. The fraction of sp³-hybridized carbons (Fsp3) is 0.471. The van der Waals surface area contributed by atoms with Crippen LogP contribution in [0.2, 0.25) is 0 Å². The van der Waals surface area contributed by atoms with Crippen molar-refractivity contribution in [3.63, 3.8) is 0 Å². The summed E-state index contributed by atoms with van der Waals surface area (Å²) in [4.78, 5) is 0. The lowest BCUT2D eigenvalue weighted by Crippen LogP contribution is -2.02. The lowest BCUT2D eigenvalue weighted by Gasteiger charge is -2.21. The molecule has 0 amide bonds. The van der Waals surface area contributed by atoms with Crippen LogP contribution in [0.5, 0.6) is 0 Å². The molecule has 0 atom stereocenters. The van der Waals surface area contributed by atoms with Crippen molar-refractivity contribution in [2.45, 2.75) is 106 Å². The highest BCUT2D eigenvalue weighted by atomic mass is 14.3. The number of allylic oxidation sites excluding steroid dienone is 4. The Balaban J connectivity index is 1.70. The Hall–Kier alpha value is -2.08. The highest BCUT2D eigenvalue weighted by Crippen LogP contribution is 2.47. The minimum Gasteiger partial charge on any atom is -0.0610 e.